The molecule has 4 nitrogen and oxygen atoms in total. The molecule has 2 rings (SSSR count). The number of hydrogen-bond donors (Lipinski definition) is 0. The lowest BCUT2D eigenvalue weighted by molar-refractivity contribution is 0.517. The average molecular weight is 306 g/mol. The zero-order chi connectivity index (χ0) is 11.9. The molecule has 1 unspecified atom stereocenters. The zero-order valence-corrected chi connectivity index (χ0v) is 12.1. The van der Waals surface area contributed by atoms with Crippen molar-refractivity contribution >= 4 is 32.9 Å². The van der Waals surface area contributed by atoms with Crippen LogP contribution in [0.5, 0.6) is 0 Å². The van der Waals surface area contributed by atoms with Gasteiger partial charge in [0.1, 0.15) is 20.9 Å². The molecular weight excluding hydrogens is 290 g/mol. The molecule has 0 aromatic carbocycles. The first-order valence-electron chi connectivity index (χ1n) is 5.23. The molecule has 1 atom stereocenters. The summed E-state index contributed by atoms with van der Waals surface area (Å²) in [5, 5.41) is 4.27. The second-order valence-electron chi connectivity index (χ2n) is 4.68. The Morgan fingerprint density at radius 1 is 1.56 bits per heavy atom. The van der Waals surface area contributed by atoms with E-state index in [9.17, 15) is 4.55 Å². The monoisotopic (exact) mass is 305 g/mol. The van der Waals surface area contributed by atoms with Crippen LogP contribution >= 0.6 is 15.9 Å². The van der Waals surface area contributed by atoms with E-state index in [0.29, 0.717) is 0 Å². The maximum absolute atomic E-state index is 11.8. The van der Waals surface area contributed by atoms with E-state index in [2.05, 4.69) is 39.8 Å². The van der Waals surface area contributed by atoms with Gasteiger partial charge in [-0.25, -0.2) is 0 Å². The van der Waals surface area contributed by atoms with Gasteiger partial charge in [-0.1, -0.05) is 0 Å². The van der Waals surface area contributed by atoms with Gasteiger partial charge >= 0.3 is 0 Å². The maximum Gasteiger partial charge on any atom is 0.137 e. The van der Waals surface area contributed by atoms with Crippen molar-refractivity contribution < 1.29 is 4.55 Å². The van der Waals surface area contributed by atoms with Gasteiger partial charge in [0.2, 0.25) is 0 Å². The topological polar surface area (TPSA) is 44.1 Å². The van der Waals surface area contributed by atoms with Crippen molar-refractivity contribution in [3.8, 4) is 0 Å². The van der Waals surface area contributed by atoms with Crippen molar-refractivity contribution in [3.63, 3.8) is 0 Å². The molecule has 16 heavy (non-hydrogen) atoms. The number of aryl methyl sites for hydroxylation is 1. The van der Waals surface area contributed by atoms with Crippen LogP contribution in [0.4, 0.5) is 5.82 Å². The minimum atomic E-state index is -0.728. The van der Waals surface area contributed by atoms with Crippen molar-refractivity contribution in [2.75, 3.05) is 23.7 Å². The Morgan fingerprint density at radius 2 is 2.25 bits per heavy atom. The van der Waals surface area contributed by atoms with Gasteiger partial charge in [0.15, 0.2) is 0 Å². The lowest BCUT2D eigenvalue weighted by atomic mass is 10.2. The first-order valence-corrected chi connectivity index (χ1v) is 7.34. The van der Waals surface area contributed by atoms with E-state index < -0.39 is 11.2 Å². The fourth-order valence-electron chi connectivity index (χ4n) is 1.99. The van der Waals surface area contributed by atoms with Crippen molar-refractivity contribution in [1.82, 2.24) is 9.78 Å². The summed E-state index contributed by atoms with van der Waals surface area (Å²) in [6, 6.07) is 2.00. The Balaban J connectivity index is 2.21. The van der Waals surface area contributed by atoms with Crippen molar-refractivity contribution in [2.24, 2.45) is 7.05 Å². The third-order valence-corrected chi connectivity index (χ3v) is 5.19. The molecule has 1 aromatic rings. The van der Waals surface area contributed by atoms with Crippen LogP contribution in [-0.2, 0) is 18.2 Å². The molecular formula is C10H16BrN3OS. The van der Waals surface area contributed by atoms with Crippen molar-refractivity contribution in [3.05, 3.63) is 10.7 Å². The molecule has 1 fully saturated rings. The van der Waals surface area contributed by atoms with Gasteiger partial charge in [0.05, 0.1) is 13.1 Å². The number of aromatic nitrogens is 2. The molecule has 0 spiro atoms. The number of nitrogens with zero attached hydrogens (tertiary/aromatic N) is 3. The summed E-state index contributed by atoms with van der Waals surface area (Å²) in [6.45, 7) is 5.76. The molecule has 0 bridgehead atoms. The standard InChI is InChI=1S/C10H16BrN3OS/c1-10(2)7-14(4-5-16(10)15)9-6-8(11)12-13(9)3/h6H,4-5,7H2,1-3H3. The van der Waals surface area contributed by atoms with Crippen LogP contribution in [0, 0.1) is 0 Å². The van der Waals surface area contributed by atoms with Gasteiger partial charge in [0.25, 0.3) is 0 Å². The lowest BCUT2D eigenvalue weighted by Gasteiger charge is -2.40. The number of anilines is 1. The van der Waals surface area contributed by atoms with Crippen LogP contribution in [-0.4, -0.2) is 37.9 Å². The van der Waals surface area contributed by atoms with E-state index in [-0.39, 0.29) is 4.75 Å². The Labute approximate surface area is 107 Å². The third kappa shape index (κ3) is 2.24. The summed E-state index contributed by atoms with van der Waals surface area (Å²) in [6.07, 6.45) is 0. The SMILES string of the molecule is Cn1nc(Br)cc1N1CC[S+]([O-])C(C)(C)C1. The predicted molar refractivity (Wildman–Crippen MR) is 70.2 cm³/mol. The van der Waals surface area contributed by atoms with Crippen LogP contribution < -0.4 is 4.90 Å². The van der Waals surface area contributed by atoms with E-state index >= 15 is 0 Å². The Hall–Kier alpha value is -0.200. The largest absolute Gasteiger partial charge is 0.616 e. The first-order chi connectivity index (χ1) is 7.40. The molecule has 6 heteroatoms. The highest BCUT2D eigenvalue weighted by atomic mass is 79.9. The van der Waals surface area contributed by atoms with Crippen molar-refractivity contribution in [1.29, 1.82) is 0 Å². The molecule has 2 heterocycles. The number of halogens is 1. The molecule has 0 aliphatic carbocycles. The van der Waals surface area contributed by atoms with Gasteiger partial charge in [-0.3, -0.25) is 4.68 Å². The predicted octanol–water partition coefficient (Wildman–Crippen LogP) is 1.53. The molecule has 0 N–H and O–H groups in total. The molecule has 0 saturated carbocycles. The van der Waals surface area contributed by atoms with Crippen LogP contribution in [0.15, 0.2) is 10.7 Å². The Bertz CT molecular complexity index is 393. The van der Waals surface area contributed by atoms with Gasteiger partial charge in [0, 0.05) is 13.1 Å². The van der Waals surface area contributed by atoms with Crippen LogP contribution in [0.25, 0.3) is 0 Å². The van der Waals surface area contributed by atoms with E-state index in [1.54, 1.807) is 0 Å². The summed E-state index contributed by atoms with van der Waals surface area (Å²) in [5.41, 5.74) is 0. The highest BCUT2D eigenvalue weighted by Gasteiger charge is 2.39. The van der Waals surface area contributed by atoms with E-state index in [4.69, 9.17) is 0 Å². The minimum absolute atomic E-state index is 0.144. The average Bonchev–Trinajstić information content (AvgIpc) is 2.50. The van der Waals surface area contributed by atoms with Crippen LogP contribution in [0.1, 0.15) is 13.8 Å². The Morgan fingerprint density at radius 3 is 2.75 bits per heavy atom. The molecule has 0 amide bonds. The van der Waals surface area contributed by atoms with E-state index in [1.165, 1.54) is 0 Å². The molecule has 1 aromatic heterocycles. The van der Waals surface area contributed by atoms with Crippen LogP contribution in [0.2, 0.25) is 0 Å². The summed E-state index contributed by atoms with van der Waals surface area (Å²) in [4.78, 5) is 2.25. The summed E-state index contributed by atoms with van der Waals surface area (Å²) in [5.74, 6) is 1.81. The highest BCUT2D eigenvalue weighted by molar-refractivity contribution is 9.10. The van der Waals surface area contributed by atoms with Gasteiger partial charge in [-0.15, -0.1) is 0 Å². The second-order valence-corrected chi connectivity index (χ2v) is 7.70. The summed E-state index contributed by atoms with van der Waals surface area (Å²) in [7, 11) is 1.93. The minimum Gasteiger partial charge on any atom is -0.616 e. The lowest BCUT2D eigenvalue weighted by Crippen LogP contribution is -2.53. The molecule has 1 saturated heterocycles. The third-order valence-electron chi connectivity index (χ3n) is 2.88. The van der Waals surface area contributed by atoms with Gasteiger partial charge < -0.3 is 9.45 Å². The summed E-state index contributed by atoms with van der Waals surface area (Å²) < 4.78 is 14.4. The fourth-order valence-corrected chi connectivity index (χ4v) is 3.68. The normalized spacial score (nSPS) is 24.8. The quantitative estimate of drug-likeness (QED) is 0.739. The fraction of sp³-hybridized carbons (Fsp3) is 0.700. The van der Waals surface area contributed by atoms with E-state index in [1.807, 2.05) is 17.8 Å². The van der Waals surface area contributed by atoms with Gasteiger partial charge in [-0.05, 0) is 41.0 Å². The number of hydrogen-bond acceptors (Lipinski definition) is 3. The smallest absolute Gasteiger partial charge is 0.137 e. The zero-order valence-electron chi connectivity index (χ0n) is 9.73. The molecule has 0 radical (unpaired) electrons. The molecule has 90 valence electrons. The van der Waals surface area contributed by atoms with Gasteiger partial charge in [-0.2, -0.15) is 5.10 Å². The Kier molecular flexibility index (Phi) is 3.25. The maximum atomic E-state index is 11.8. The highest BCUT2D eigenvalue weighted by Crippen LogP contribution is 2.28. The van der Waals surface area contributed by atoms with Crippen molar-refractivity contribution in [2.45, 2.75) is 18.6 Å². The number of rotatable bonds is 1. The van der Waals surface area contributed by atoms with E-state index in [0.717, 1.165) is 29.3 Å². The van der Waals surface area contributed by atoms with Crippen LogP contribution in [0.3, 0.4) is 0 Å². The first kappa shape index (κ1) is 12.3. The summed E-state index contributed by atoms with van der Waals surface area (Å²) >= 11 is 2.64. The molecule has 1 aliphatic heterocycles. The second kappa shape index (κ2) is 4.23. The molecule has 1 aliphatic rings.